The Morgan fingerprint density at radius 2 is 1.79 bits per heavy atom. The predicted octanol–water partition coefficient (Wildman–Crippen LogP) is 1.89. The minimum absolute atomic E-state index is 0.189. The van der Waals surface area contributed by atoms with Crippen LogP contribution in [0.3, 0.4) is 0 Å². The summed E-state index contributed by atoms with van der Waals surface area (Å²) in [4.78, 5) is 42.3. The summed E-state index contributed by atoms with van der Waals surface area (Å²) >= 11 is 0. The molecule has 0 aromatic heterocycles. The van der Waals surface area contributed by atoms with E-state index >= 15 is 4.39 Å². The van der Waals surface area contributed by atoms with Gasteiger partial charge in [0.1, 0.15) is 11.9 Å². The van der Waals surface area contributed by atoms with E-state index in [-0.39, 0.29) is 31.2 Å². The van der Waals surface area contributed by atoms with Gasteiger partial charge in [-0.25, -0.2) is 4.39 Å². The second-order valence-electron chi connectivity index (χ2n) is 8.97. The van der Waals surface area contributed by atoms with E-state index in [0.29, 0.717) is 29.9 Å². The highest BCUT2D eigenvalue weighted by molar-refractivity contribution is 6.05. The van der Waals surface area contributed by atoms with E-state index < -0.39 is 17.8 Å². The zero-order chi connectivity index (χ0) is 23.8. The molecular weight excluding hydrogens is 435 g/mol. The van der Waals surface area contributed by atoms with Gasteiger partial charge >= 0.3 is 0 Å². The number of fused-ring (bicyclic) bond motifs is 1. The molecule has 2 aromatic rings. The molecule has 0 radical (unpaired) electrons. The highest BCUT2D eigenvalue weighted by atomic mass is 19.1. The van der Waals surface area contributed by atoms with E-state index in [4.69, 9.17) is 6.42 Å². The van der Waals surface area contributed by atoms with Crippen LogP contribution >= 0.6 is 0 Å². The molecule has 3 aliphatic rings. The molecule has 2 saturated heterocycles. The topological polar surface area (TPSA) is 73.0 Å². The molecule has 3 aliphatic heterocycles. The Morgan fingerprint density at radius 1 is 1.06 bits per heavy atom. The molecule has 7 nitrogen and oxygen atoms in total. The first-order valence-corrected chi connectivity index (χ1v) is 11.4. The van der Waals surface area contributed by atoms with Crippen LogP contribution in [0, 0.1) is 18.2 Å². The summed E-state index contributed by atoms with van der Waals surface area (Å²) in [5.41, 5.74) is 3.52. The summed E-state index contributed by atoms with van der Waals surface area (Å²) in [5, 5.41) is 2.29. The SMILES string of the molecule is C#Cc1ccc(CN2CCN(c3cc4c(cc3F)C(=O)N(C3CCC(=O)NC3=O)C4)CC2)cc1. The zero-order valence-electron chi connectivity index (χ0n) is 18.7. The van der Waals surface area contributed by atoms with Crippen molar-refractivity contribution in [1.82, 2.24) is 15.1 Å². The third kappa shape index (κ3) is 4.15. The number of halogens is 1. The van der Waals surface area contributed by atoms with Gasteiger partial charge < -0.3 is 9.80 Å². The average molecular weight is 461 g/mol. The maximum atomic E-state index is 15.0. The molecular formula is C26H25FN4O3. The number of carbonyl (C=O) groups is 3. The summed E-state index contributed by atoms with van der Waals surface area (Å²) in [7, 11) is 0. The molecule has 3 heterocycles. The lowest BCUT2D eigenvalue weighted by Crippen LogP contribution is -2.52. The Labute approximate surface area is 197 Å². The molecule has 0 aliphatic carbocycles. The lowest BCUT2D eigenvalue weighted by atomic mass is 10.0. The van der Waals surface area contributed by atoms with Crippen molar-refractivity contribution in [2.45, 2.75) is 32.0 Å². The number of piperidine rings is 1. The third-order valence-corrected chi connectivity index (χ3v) is 6.83. The van der Waals surface area contributed by atoms with Crippen LogP contribution in [0.4, 0.5) is 10.1 Å². The number of hydrogen-bond donors (Lipinski definition) is 1. The van der Waals surface area contributed by atoms with E-state index in [2.05, 4.69) is 16.1 Å². The van der Waals surface area contributed by atoms with Gasteiger partial charge in [-0.15, -0.1) is 6.42 Å². The van der Waals surface area contributed by atoms with Crippen LogP contribution in [0.1, 0.15) is 39.9 Å². The molecule has 2 aromatic carbocycles. The molecule has 1 atom stereocenters. The lowest BCUT2D eigenvalue weighted by Gasteiger charge is -2.36. The van der Waals surface area contributed by atoms with Gasteiger partial charge in [-0.05, 0) is 41.8 Å². The fraction of sp³-hybridized carbons (Fsp3) is 0.346. The van der Waals surface area contributed by atoms with Gasteiger partial charge in [0.25, 0.3) is 5.91 Å². The van der Waals surface area contributed by atoms with Crippen LogP contribution in [0.2, 0.25) is 0 Å². The van der Waals surface area contributed by atoms with E-state index in [1.54, 1.807) is 6.07 Å². The first kappa shape index (κ1) is 22.1. The highest BCUT2D eigenvalue weighted by Gasteiger charge is 2.39. The monoisotopic (exact) mass is 460 g/mol. The van der Waals surface area contributed by atoms with E-state index in [1.807, 2.05) is 29.2 Å². The number of nitrogens with zero attached hydrogens (tertiary/aromatic N) is 3. The molecule has 174 valence electrons. The molecule has 1 N–H and O–H groups in total. The normalized spacial score (nSPS) is 20.8. The van der Waals surface area contributed by atoms with Gasteiger partial charge in [0.05, 0.1) is 5.69 Å². The standard InChI is InChI=1S/C26H25FN4O3/c1-2-17-3-5-18(6-4-17)15-29-9-11-30(12-10-29)23-13-19-16-31(26(34)20(19)14-21(23)27)22-7-8-24(32)28-25(22)33/h1,3-6,13-14,22H,7-12,15-16H2,(H,28,32,33). The maximum absolute atomic E-state index is 15.0. The predicted molar refractivity (Wildman–Crippen MR) is 124 cm³/mol. The molecule has 5 rings (SSSR count). The minimum Gasteiger partial charge on any atom is -0.367 e. The van der Waals surface area contributed by atoms with Crippen molar-refractivity contribution in [3.8, 4) is 12.3 Å². The number of nitrogens with one attached hydrogen (secondary N) is 1. The Hall–Kier alpha value is -3.70. The van der Waals surface area contributed by atoms with Gasteiger partial charge in [-0.3, -0.25) is 24.6 Å². The van der Waals surface area contributed by atoms with Crippen molar-refractivity contribution in [2.24, 2.45) is 0 Å². The number of carbonyl (C=O) groups excluding carboxylic acids is 3. The number of anilines is 1. The fourth-order valence-corrected chi connectivity index (χ4v) is 4.93. The lowest BCUT2D eigenvalue weighted by molar-refractivity contribution is -0.136. The number of hydrogen-bond acceptors (Lipinski definition) is 5. The van der Waals surface area contributed by atoms with E-state index in [1.165, 1.54) is 16.5 Å². The fourth-order valence-electron chi connectivity index (χ4n) is 4.93. The molecule has 2 fully saturated rings. The number of terminal acetylenes is 1. The Balaban J connectivity index is 1.25. The summed E-state index contributed by atoms with van der Waals surface area (Å²) in [6, 6.07) is 10.3. The quantitative estimate of drug-likeness (QED) is 0.557. The molecule has 3 amide bonds. The van der Waals surface area contributed by atoms with Crippen molar-refractivity contribution >= 4 is 23.4 Å². The smallest absolute Gasteiger partial charge is 0.255 e. The summed E-state index contributed by atoms with van der Waals surface area (Å²) in [6.45, 7) is 3.96. The van der Waals surface area contributed by atoms with Crippen LogP contribution in [0.5, 0.6) is 0 Å². The summed E-state index contributed by atoms with van der Waals surface area (Å²) in [6.07, 6.45) is 5.89. The van der Waals surface area contributed by atoms with Gasteiger partial charge in [0.15, 0.2) is 0 Å². The highest BCUT2D eigenvalue weighted by Crippen LogP contribution is 2.33. The number of imide groups is 1. The van der Waals surface area contributed by atoms with Crippen molar-refractivity contribution < 1.29 is 18.8 Å². The minimum atomic E-state index is -0.706. The maximum Gasteiger partial charge on any atom is 0.255 e. The van der Waals surface area contributed by atoms with Gasteiger partial charge in [0, 0.05) is 56.8 Å². The van der Waals surface area contributed by atoms with Crippen molar-refractivity contribution in [3.05, 3.63) is 64.5 Å². The molecule has 0 bridgehead atoms. The van der Waals surface area contributed by atoms with Crippen molar-refractivity contribution in [3.63, 3.8) is 0 Å². The Bertz CT molecular complexity index is 1200. The van der Waals surface area contributed by atoms with Gasteiger partial charge in [-0.2, -0.15) is 0 Å². The Morgan fingerprint density at radius 3 is 2.47 bits per heavy atom. The van der Waals surface area contributed by atoms with Crippen LogP contribution < -0.4 is 10.2 Å². The third-order valence-electron chi connectivity index (χ3n) is 6.83. The van der Waals surface area contributed by atoms with Crippen molar-refractivity contribution in [2.75, 3.05) is 31.1 Å². The second kappa shape index (κ2) is 8.92. The first-order chi connectivity index (χ1) is 16.4. The molecule has 0 saturated carbocycles. The number of rotatable bonds is 4. The van der Waals surface area contributed by atoms with Crippen molar-refractivity contribution in [1.29, 1.82) is 0 Å². The zero-order valence-corrected chi connectivity index (χ0v) is 18.7. The molecule has 8 heteroatoms. The number of piperazine rings is 1. The summed E-state index contributed by atoms with van der Waals surface area (Å²) < 4.78 is 15.0. The van der Waals surface area contributed by atoms with Crippen LogP contribution in [-0.4, -0.2) is 59.7 Å². The van der Waals surface area contributed by atoms with Gasteiger partial charge in [0.2, 0.25) is 11.8 Å². The van der Waals surface area contributed by atoms with E-state index in [9.17, 15) is 14.4 Å². The first-order valence-electron chi connectivity index (χ1n) is 11.4. The molecule has 0 spiro atoms. The molecule has 1 unspecified atom stereocenters. The Kier molecular flexibility index (Phi) is 5.80. The largest absolute Gasteiger partial charge is 0.367 e. The molecule has 34 heavy (non-hydrogen) atoms. The van der Waals surface area contributed by atoms with Crippen LogP contribution in [0.15, 0.2) is 36.4 Å². The number of amides is 3. The number of benzene rings is 2. The van der Waals surface area contributed by atoms with Crippen LogP contribution in [-0.2, 0) is 22.7 Å². The van der Waals surface area contributed by atoms with E-state index in [0.717, 1.165) is 25.2 Å². The second-order valence-corrected chi connectivity index (χ2v) is 8.97. The van der Waals surface area contributed by atoms with Gasteiger partial charge in [-0.1, -0.05) is 18.1 Å². The average Bonchev–Trinajstić information content (AvgIpc) is 3.15. The summed E-state index contributed by atoms with van der Waals surface area (Å²) in [5.74, 6) is 1.02. The van der Waals surface area contributed by atoms with Crippen LogP contribution in [0.25, 0.3) is 0 Å².